The summed E-state index contributed by atoms with van der Waals surface area (Å²) in [6.07, 6.45) is 0. The molecule has 3 N–H and O–H groups in total. The second-order valence-corrected chi connectivity index (χ2v) is 5.62. The van der Waals surface area contributed by atoms with Crippen LogP contribution in [0, 0.1) is 6.92 Å². The molecule has 1 aromatic carbocycles. The number of carbonyl (C=O) groups excluding carboxylic acids is 2. The first kappa shape index (κ1) is 16.2. The molecule has 0 fully saturated rings. The number of nitrogens with one attached hydrogen (secondary N) is 1. The molecule has 22 heavy (non-hydrogen) atoms. The van der Waals surface area contributed by atoms with Crippen LogP contribution in [0.15, 0.2) is 30.3 Å². The second kappa shape index (κ2) is 7.20. The summed E-state index contributed by atoms with van der Waals surface area (Å²) >= 11 is 1.21. The molecule has 0 spiro atoms. The summed E-state index contributed by atoms with van der Waals surface area (Å²) in [5.41, 5.74) is 7.40. The van der Waals surface area contributed by atoms with E-state index in [1.807, 2.05) is 30.3 Å². The first-order valence-corrected chi connectivity index (χ1v) is 7.76. The Morgan fingerprint density at radius 1 is 1.27 bits per heavy atom. The van der Waals surface area contributed by atoms with Crippen molar-refractivity contribution < 1.29 is 14.3 Å². The number of anilines is 2. The van der Waals surface area contributed by atoms with Crippen molar-refractivity contribution in [1.29, 1.82) is 0 Å². The Balaban J connectivity index is 2.45. The second-order valence-electron chi connectivity index (χ2n) is 4.60. The molecule has 6 heteroatoms. The molecule has 5 nitrogen and oxygen atoms in total. The van der Waals surface area contributed by atoms with Gasteiger partial charge in [-0.05, 0) is 31.5 Å². The first-order chi connectivity index (χ1) is 10.6. The van der Waals surface area contributed by atoms with Gasteiger partial charge in [-0.25, -0.2) is 4.79 Å². The first-order valence-electron chi connectivity index (χ1n) is 6.94. The molecule has 0 amide bonds. The van der Waals surface area contributed by atoms with Crippen LogP contribution in [0.1, 0.15) is 32.5 Å². The lowest BCUT2D eigenvalue weighted by molar-refractivity contribution is 0.0531. The Bertz CT molecular complexity index is 680. The van der Waals surface area contributed by atoms with E-state index in [0.717, 1.165) is 5.69 Å². The largest absolute Gasteiger partial charge is 0.462 e. The van der Waals surface area contributed by atoms with E-state index >= 15 is 0 Å². The molecule has 0 unspecified atom stereocenters. The third kappa shape index (κ3) is 3.35. The lowest BCUT2D eigenvalue weighted by Gasteiger charge is -2.06. The minimum Gasteiger partial charge on any atom is -0.462 e. The molecule has 0 atom stereocenters. The van der Waals surface area contributed by atoms with Gasteiger partial charge in [0.25, 0.3) is 0 Å². The number of Topliss-reactive ketones (excluding diaryl/α,β-unsaturated/α-hetero) is 1. The van der Waals surface area contributed by atoms with Crippen molar-refractivity contribution in [2.75, 3.05) is 18.5 Å². The van der Waals surface area contributed by atoms with Crippen LogP contribution in [0.5, 0.6) is 0 Å². The zero-order chi connectivity index (χ0) is 16.1. The maximum Gasteiger partial charge on any atom is 0.348 e. The number of thiophene rings is 1. The van der Waals surface area contributed by atoms with Crippen molar-refractivity contribution >= 4 is 33.8 Å². The van der Waals surface area contributed by atoms with E-state index in [1.54, 1.807) is 13.8 Å². The highest BCUT2D eigenvalue weighted by Gasteiger charge is 2.24. The van der Waals surface area contributed by atoms with Crippen molar-refractivity contribution in [3.8, 4) is 0 Å². The zero-order valence-electron chi connectivity index (χ0n) is 12.5. The van der Waals surface area contributed by atoms with E-state index in [2.05, 4.69) is 5.32 Å². The van der Waals surface area contributed by atoms with Gasteiger partial charge in [-0.15, -0.1) is 11.3 Å². The number of para-hydroxylation sites is 1. The Morgan fingerprint density at radius 3 is 2.55 bits per heavy atom. The predicted octanol–water partition coefficient (Wildman–Crippen LogP) is 3.12. The van der Waals surface area contributed by atoms with Gasteiger partial charge in [0.1, 0.15) is 9.88 Å². The molecule has 0 saturated carbocycles. The Labute approximate surface area is 133 Å². The fourth-order valence-corrected chi connectivity index (χ4v) is 3.22. The van der Waals surface area contributed by atoms with Gasteiger partial charge >= 0.3 is 5.97 Å². The molecular formula is C16H18N2O3S. The molecule has 1 heterocycles. The highest BCUT2D eigenvalue weighted by atomic mass is 32.1. The van der Waals surface area contributed by atoms with Gasteiger partial charge in [0.05, 0.1) is 18.7 Å². The van der Waals surface area contributed by atoms with Crippen LogP contribution in [0.3, 0.4) is 0 Å². The maximum atomic E-state index is 12.1. The van der Waals surface area contributed by atoms with E-state index in [-0.39, 0.29) is 18.9 Å². The third-order valence-corrected chi connectivity index (χ3v) is 4.29. The van der Waals surface area contributed by atoms with E-state index in [4.69, 9.17) is 10.5 Å². The molecule has 2 aromatic rings. The highest BCUT2D eigenvalue weighted by molar-refractivity contribution is 7.18. The number of ether oxygens (including phenoxy) is 1. The minimum absolute atomic E-state index is 0.108. The molecule has 1 aromatic heterocycles. The number of hydrogen-bond donors (Lipinski definition) is 2. The Morgan fingerprint density at radius 2 is 1.95 bits per heavy atom. The third-order valence-electron chi connectivity index (χ3n) is 3.10. The lowest BCUT2D eigenvalue weighted by atomic mass is 10.1. The van der Waals surface area contributed by atoms with E-state index < -0.39 is 5.97 Å². The number of rotatable bonds is 6. The molecule has 0 aliphatic carbocycles. The summed E-state index contributed by atoms with van der Waals surface area (Å²) in [6, 6.07) is 9.45. The van der Waals surface area contributed by atoms with E-state index in [1.165, 1.54) is 11.3 Å². The van der Waals surface area contributed by atoms with Gasteiger partial charge in [0.15, 0.2) is 5.78 Å². The number of ketones is 1. The van der Waals surface area contributed by atoms with Gasteiger partial charge in [-0.3, -0.25) is 4.79 Å². The summed E-state index contributed by atoms with van der Waals surface area (Å²) in [5, 5.41) is 3.79. The number of hydrogen-bond acceptors (Lipinski definition) is 6. The average molecular weight is 318 g/mol. The Hall–Kier alpha value is -2.18. The monoisotopic (exact) mass is 318 g/mol. The van der Waals surface area contributed by atoms with E-state index in [9.17, 15) is 9.59 Å². The number of nitrogens with two attached hydrogens (primary N) is 1. The van der Waals surface area contributed by atoms with Crippen molar-refractivity contribution in [2.24, 2.45) is 5.73 Å². The van der Waals surface area contributed by atoms with Gasteiger partial charge in [0, 0.05) is 5.69 Å². The molecule has 0 bridgehead atoms. The standard InChI is InChI=1S/C16H18N2O3S/c1-3-21-16(20)14-10(2)13(12(19)9-17)15(22-14)18-11-7-5-4-6-8-11/h4-8,18H,3,9,17H2,1-2H3. The molecule has 0 saturated heterocycles. The number of esters is 1. The maximum absolute atomic E-state index is 12.1. The predicted molar refractivity (Wildman–Crippen MR) is 88.1 cm³/mol. The van der Waals surface area contributed by atoms with Gasteiger partial charge in [0.2, 0.25) is 0 Å². The molecule has 0 radical (unpaired) electrons. The normalized spacial score (nSPS) is 10.3. The topological polar surface area (TPSA) is 81.4 Å². The van der Waals surface area contributed by atoms with Gasteiger partial charge in [-0.1, -0.05) is 18.2 Å². The molecule has 2 rings (SSSR count). The SMILES string of the molecule is CCOC(=O)c1sc(Nc2ccccc2)c(C(=O)CN)c1C. The minimum atomic E-state index is -0.419. The Kier molecular flexibility index (Phi) is 5.30. The van der Waals surface area contributed by atoms with Crippen molar-refractivity contribution in [3.63, 3.8) is 0 Å². The summed E-state index contributed by atoms with van der Waals surface area (Å²) in [4.78, 5) is 24.6. The fourth-order valence-electron chi connectivity index (χ4n) is 2.08. The highest BCUT2D eigenvalue weighted by Crippen LogP contribution is 2.35. The van der Waals surface area contributed by atoms with Crippen LogP contribution in [0.25, 0.3) is 0 Å². The van der Waals surface area contributed by atoms with Gasteiger partial charge < -0.3 is 15.8 Å². The van der Waals surface area contributed by atoms with E-state index in [0.29, 0.717) is 21.0 Å². The molecule has 116 valence electrons. The quantitative estimate of drug-likeness (QED) is 0.632. The summed E-state index contributed by atoms with van der Waals surface area (Å²) in [7, 11) is 0. The summed E-state index contributed by atoms with van der Waals surface area (Å²) in [6.45, 7) is 3.67. The van der Waals surface area contributed by atoms with Gasteiger partial charge in [-0.2, -0.15) is 0 Å². The summed E-state index contributed by atoms with van der Waals surface area (Å²) in [5.74, 6) is -0.625. The molecule has 0 aliphatic rings. The smallest absolute Gasteiger partial charge is 0.348 e. The van der Waals surface area contributed by atoms with Crippen LogP contribution in [-0.2, 0) is 4.74 Å². The lowest BCUT2D eigenvalue weighted by Crippen LogP contribution is -2.15. The summed E-state index contributed by atoms with van der Waals surface area (Å²) < 4.78 is 5.04. The fraction of sp³-hybridized carbons (Fsp3) is 0.250. The van der Waals surface area contributed by atoms with Crippen molar-refractivity contribution in [1.82, 2.24) is 0 Å². The van der Waals surface area contributed by atoms with Crippen LogP contribution in [-0.4, -0.2) is 24.9 Å². The van der Waals surface area contributed by atoms with Crippen molar-refractivity contribution in [2.45, 2.75) is 13.8 Å². The van der Waals surface area contributed by atoms with Crippen LogP contribution < -0.4 is 11.1 Å². The van der Waals surface area contributed by atoms with Crippen LogP contribution >= 0.6 is 11.3 Å². The zero-order valence-corrected chi connectivity index (χ0v) is 13.3. The van der Waals surface area contributed by atoms with Crippen LogP contribution in [0.4, 0.5) is 10.7 Å². The average Bonchev–Trinajstić information content (AvgIpc) is 2.84. The van der Waals surface area contributed by atoms with Crippen LogP contribution in [0.2, 0.25) is 0 Å². The number of benzene rings is 1. The molecule has 0 aliphatic heterocycles. The molecular weight excluding hydrogens is 300 g/mol. The number of carbonyl (C=O) groups is 2. The van der Waals surface area contributed by atoms with Crippen molar-refractivity contribution in [3.05, 3.63) is 46.3 Å².